The summed E-state index contributed by atoms with van der Waals surface area (Å²) in [5.74, 6) is -1.46. The van der Waals surface area contributed by atoms with Crippen LogP contribution in [0.25, 0.3) is 0 Å². The van der Waals surface area contributed by atoms with Crippen LogP contribution in [0, 0.1) is 5.41 Å². The smallest absolute Gasteiger partial charge is 0.330 e. The summed E-state index contributed by atoms with van der Waals surface area (Å²) in [5.41, 5.74) is -2.01. The molecule has 2 rings (SSSR count). The van der Waals surface area contributed by atoms with Crippen molar-refractivity contribution in [3.05, 3.63) is 21.3 Å². The van der Waals surface area contributed by atoms with Crippen LogP contribution in [0.1, 0.15) is 36.9 Å². The molecule has 1 heterocycles. The van der Waals surface area contributed by atoms with E-state index in [4.69, 9.17) is 16.3 Å². The lowest BCUT2D eigenvalue weighted by Crippen LogP contribution is -2.76. The summed E-state index contributed by atoms with van der Waals surface area (Å²) in [7, 11) is 0. The Balaban J connectivity index is 2.22. The average molecular weight is 332 g/mol. The van der Waals surface area contributed by atoms with E-state index < -0.39 is 22.8 Å². The van der Waals surface area contributed by atoms with Crippen molar-refractivity contribution in [2.75, 3.05) is 6.61 Å². The van der Waals surface area contributed by atoms with Gasteiger partial charge in [-0.1, -0.05) is 25.4 Å². The van der Waals surface area contributed by atoms with Gasteiger partial charge in [-0.25, -0.2) is 4.79 Å². The highest BCUT2D eigenvalue weighted by atomic mass is 35.5. The van der Waals surface area contributed by atoms with Crippen LogP contribution in [0.5, 0.6) is 0 Å². The number of halogens is 1. The zero-order chi connectivity index (χ0) is 15.8. The van der Waals surface area contributed by atoms with Gasteiger partial charge in [0.15, 0.2) is 0 Å². The summed E-state index contributed by atoms with van der Waals surface area (Å²) in [6.07, 6.45) is 0.0689. The third-order valence-corrected chi connectivity index (χ3v) is 5.48. The Morgan fingerprint density at radius 2 is 2.19 bits per heavy atom. The number of hydrogen-bond donors (Lipinski definition) is 2. The van der Waals surface area contributed by atoms with E-state index in [9.17, 15) is 14.7 Å². The summed E-state index contributed by atoms with van der Waals surface area (Å²) >= 11 is 6.93. The van der Waals surface area contributed by atoms with Crippen molar-refractivity contribution in [1.29, 1.82) is 0 Å². The molecule has 7 heteroatoms. The molecule has 0 unspecified atom stereocenters. The topological polar surface area (TPSA) is 75.6 Å². The van der Waals surface area contributed by atoms with E-state index >= 15 is 0 Å². The number of rotatable bonds is 5. The molecule has 0 saturated heterocycles. The monoisotopic (exact) mass is 331 g/mol. The van der Waals surface area contributed by atoms with E-state index in [0.29, 0.717) is 15.8 Å². The molecule has 0 bridgehead atoms. The maximum Gasteiger partial charge on any atom is 0.330 e. The number of carboxylic acids is 1. The standard InChI is InChI=1S/C14H18ClNO4S/c1-4-20-9-7-14(12(18)19,13(9,2)3)16-11(17)8-5-6-10(15)21-8/h5-6,9H,4,7H2,1-3H3,(H,16,17)(H,18,19)/t9-,14+/m0/s1. The first-order valence-corrected chi connectivity index (χ1v) is 7.87. The second-order valence-electron chi connectivity index (χ2n) is 5.64. The Morgan fingerprint density at radius 3 is 2.62 bits per heavy atom. The molecule has 1 aromatic rings. The fourth-order valence-electron chi connectivity index (χ4n) is 2.73. The number of hydrogen-bond acceptors (Lipinski definition) is 4. The molecule has 1 aromatic heterocycles. The third kappa shape index (κ3) is 2.56. The minimum Gasteiger partial charge on any atom is -0.479 e. The van der Waals surface area contributed by atoms with Gasteiger partial charge in [0.1, 0.15) is 5.54 Å². The largest absolute Gasteiger partial charge is 0.479 e. The molecule has 5 nitrogen and oxygen atoms in total. The van der Waals surface area contributed by atoms with E-state index in [-0.39, 0.29) is 12.5 Å². The Bertz CT molecular complexity index is 571. The fraction of sp³-hybridized carbons (Fsp3) is 0.571. The van der Waals surface area contributed by atoms with Crippen LogP contribution < -0.4 is 5.32 Å². The molecule has 1 aliphatic carbocycles. The van der Waals surface area contributed by atoms with Crippen molar-refractivity contribution in [2.45, 2.75) is 38.8 Å². The quantitative estimate of drug-likeness (QED) is 0.870. The number of thiophene rings is 1. The predicted molar refractivity (Wildman–Crippen MR) is 81.0 cm³/mol. The van der Waals surface area contributed by atoms with Crippen LogP contribution >= 0.6 is 22.9 Å². The van der Waals surface area contributed by atoms with E-state index in [1.165, 1.54) is 0 Å². The molecule has 1 saturated carbocycles. The maximum absolute atomic E-state index is 12.3. The van der Waals surface area contributed by atoms with E-state index in [1.54, 1.807) is 26.0 Å². The molecular formula is C14H18ClNO4S. The number of aliphatic carboxylic acids is 1. The van der Waals surface area contributed by atoms with E-state index in [2.05, 4.69) is 5.32 Å². The minimum absolute atomic E-state index is 0.189. The number of carboxylic acid groups (broad SMARTS) is 1. The van der Waals surface area contributed by atoms with Gasteiger partial charge in [-0.3, -0.25) is 4.79 Å². The summed E-state index contributed by atoms with van der Waals surface area (Å²) in [6, 6.07) is 3.20. The van der Waals surface area contributed by atoms with Crippen molar-refractivity contribution in [3.8, 4) is 0 Å². The predicted octanol–water partition coefficient (Wildman–Crippen LogP) is 2.79. The first kappa shape index (κ1) is 16.3. The van der Waals surface area contributed by atoms with Crippen molar-refractivity contribution >= 4 is 34.8 Å². The third-order valence-electron chi connectivity index (χ3n) is 4.25. The average Bonchev–Trinajstić information content (AvgIpc) is 2.83. The Kier molecular flexibility index (Phi) is 4.33. The molecule has 1 fully saturated rings. The van der Waals surface area contributed by atoms with Gasteiger partial charge >= 0.3 is 5.97 Å². The molecule has 2 atom stereocenters. The van der Waals surface area contributed by atoms with Crippen LogP contribution in [-0.2, 0) is 9.53 Å². The normalized spacial score (nSPS) is 27.0. The second-order valence-corrected chi connectivity index (χ2v) is 7.35. The van der Waals surface area contributed by atoms with Crippen molar-refractivity contribution < 1.29 is 19.4 Å². The molecule has 0 aromatic carbocycles. The highest BCUT2D eigenvalue weighted by Crippen LogP contribution is 2.51. The van der Waals surface area contributed by atoms with Gasteiger partial charge in [0.25, 0.3) is 5.91 Å². The van der Waals surface area contributed by atoms with Gasteiger partial charge in [0.05, 0.1) is 15.3 Å². The lowest BCUT2D eigenvalue weighted by molar-refractivity contribution is -0.190. The molecule has 1 aliphatic rings. The minimum atomic E-state index is -1.32. The van der Waals surface area contributed by atoms with Gasteiger partial charge in [-0.05, 0) is 19.1 Å². The highest BCUT2D eigenvalue weighted by molar-refractivity contribution is 7.18. The van der Waals surface area contributed by atoms with Crippen LogP contribution in [0.3, 0.4) is 0 Å². The summed E-state index contributed by atoms with van der Waals surface area (Å²) < 4.78 is 6.05. The Labute approximate surface area is 132 Å². The molecule has 1 amide bonds. The number of ether oxygens (including phenoxy) is 1. The van der Waals surface area contributed by atoms with Gasteiger partial charge in [0, 0.05) is 18.4 Å². The van der Waals surface area contributed by atoms with Gasteiger partial charge < -0.3 is 15.2 Å². The fourth-order valence-corrected chi connectivity index (χ4v) is 3.67. The Hall–Kier alpha value is -1.11. The van der Waals surface area contributed by atoms with Gasteiger partial charge in [-0.2, -0.15) is 0 Å². The number of amides is 1. The summed E-state index contributed by atoms with van der Waals surface area (Å²) in [6.45, 7) is 5.97. The summed E-state index contributed by atoms with van der Waals surface area (Å²) in [5, 5.41) is 12.3. The Morgan fingerprint density at radius 1 is 1.52 bits per heavy atom. The SMILES string of the molecule is CCO[C@H]1C[C@@](NC(=O)c2ccc(Cl)s2)(C(=O)O)C1(C)C. The van der Waals surface area contributed by atoms with Crippen molar-refractivity contribution in [2.24, 2.45) is 5.41 Å². The lowest BCUT2D eigenvalue weighted by atomic mass is 9.54. The van der Waals surface area contributed by atoms with E-state index in [1.807, 2.05) is 6.92 Å². The molecule has 0 spiro atoms. The van der Waals surface area contributed by atoms with Crippen LogP contribution in [0.15, 0.2) is 12.1 Å². The summed E-state index contributed by atoms with van der Waals surface area (Å²) in [4.78, 5) is 24.4. The molecule has 0 radical (unpaired) electrons. The van der Waals surface area contributed by atoms with Crippen LogP contribution in [-0.4, -0.2) is 35.2 Å². The molecule has 116 valence electrons. The molecule has 2 N–H and O–H groups in total. The lowest BCUT2D eigenvalue weighted by Gasteiger charge is -2.58. The number of carbonyl (C=O) groups is 2. The van der Waals surface area contributed by atoms with Crippen LogP contribution in [0.4, 0.5) is 0 Å². The number of carbonyl (C=O) groups excluding carboxylic acids is 1. The van der Waals surface area contributed by atoms with Crippen molar-refractivity contribution in [3.63, 3.8) is 0 Å². The highest BCUT2D eigenvalue weighted by Gasteiger charge is 2.66. The molecule has 0 aliphatic heterocycles. The van der Waals surface area contributed by atoms with Crippen LogP contribution in [0.2, 0.25) is 4.34 Å². The molecular weight excluding hydrogens is 314 g/mol. The zero-order valence-corrected chi connectivity index (χ0v) is 13.7. The second kappa shape index (κ2) is 5.59. The van der Waals surface area contributed by atoms with Crippen molar-refractivity contribution in [1.82, 2.24) is 5.32 Å². The first-order chi connectivity index (χ1) is 9.74. The van der Waals surface area contributed by atoms with E-state index in [0.717, 1.165) is 11.3 Å². The van der Waals surface area contributed by atoms with Gasteiger partial charge in [-0.15, -0.1) is 11.3 Å². The maximum atomic E-state index is 12.3. The number of nitrogens with one attached hydrogen (secondary N) is 1. The molecule has 21 heavy (non-hydrogen) atoms. The zero-order valence-electron chi connectivity index (χ0n) is 12.1. The van der Waals surface area contributed by atoms with Gasteiger partial charge in [0.2, 0.25) is 0 Å². The first-order valence-electron chi connectivity index (χ1n) is 6.67.